The Bertz CT molecular complexity index is 421. The van der Waals surface area contributed by atoms with Crippen LogP contribution in [-0.4, -0.2) is 27.6 Å². The third kappa shape index (κ3) is 2.00. The molecule has 1 fully saturated rings. The van der Waals surface area contributed by atoms with E-state index >= 15 is 0 Å². The molecule has 0 saturated carbocycles. The van der Waals surface area contributed by atoms with E-state index < -0.39 is 5.54 Å². The van der Waals surface area contributed by atoms with Gasteiger partial charge in [0.1, 0.15) is 5.69 Å². The Morgan fingerprint density at radius 2 is 2.41 bits per heavy atom. The highest BCUT2D eigenvalue weighted by atomic mass is 35.5. The number of Topliss-reactive ketones (excluding diaryl/α,β-unsaturated/α-hetero) is 1. The standard InChI is InChI=1S/C12H18ClN3O/c1-3-12(6-5-7-14-12)11(17)10-9(13)8-15-16(10)4-2/h8,14H,3-7H2,1-2H3. The fraction of sp³-hybridized carbons (Fsp3) is 0.667. The lowest BCUT2D eigenvalue weighted by molar-refractivity contribution is 0.0852. The van der Waals surface area contributed by atoms with Crippen LogP contribution >= 0.6 is 11.6 Å². The molecule has 0 spiro atoms. The summed E-state index contributed by atoms with van der Waals surface area (Å²) in [5.74, 6) is 0.0850. The first-order valence-electron chi connectivity index (χ1n) is 6.15. The Hall–Kier alpha value is -0.870. The average Bonchev–Trinajstić information content (AvgIpc) is 2.95. The normalized spacial score (nSPS) is 24.2. The number of aryl methyl sites for hydroxylation is 1. The quantitative estimate of drug-likeness (QED) is 0.840. The van der Waals surface area contributed by atoms with Crippen LogP contribution in [0.25, 0.3) is 0 Å². The molecule has 1 N–H and O–H groups in total. The Morgan fingerprint density at radius 1 is 1.65 bits per heavy atom. The van der Waals surface area contributed by atoms with Crippen LogP contribution < -0.4 is 5.32 Å². The molecule has 0 aromatic carbocycles. The Kier molecular flexibility index (Phi) is 3.54. The number of carbonyl (C=O) groups excluding carboxylic acids is 1. The maximum atomic E-state index is 12.7. The van der Waals surface area contributed by atoms with E-state index in [9.17, 15) is 4.79 Å². The van der Waals surface area contributed by atoms with Crippen LogP contribution in [0.4, 0.5) is 0 Å². The van der Waals surface area contributed by atoms with Crippen molar-refractivity contribution in [2.24, 2.45) is 0 Å². The Balaban J connectivity index is 2.38. The van der Waals surface area contributed by atoms with Crippen LogP contribution in [0.3, 0.4) is 0 Å². The van der Waals surface area contributed by atoms with Gasteiger partial charge in [0.05, 0.1) is 16.8 Å². The van der Waals surface area contributed by atoms with Crippen LogP contribution in [0.2, 0.25) is 5.02 Å². The molecular weight excluding hydrogens is 238 g/mol. The molecule has 0 aliphatic carbocycles. The maximum Gasteiger partial charge on any atom is 0.202 e. The summed E-state index contributed by atoms with van der Waals surface area (Å²) < 4.78 is 1.68. The van der Waals surface area contributed by atoms with Gasteiger partial charge in [-0.15, -0.1) is 0 Å². The van der Waals surface area contributed by atoms with E-state index in [-0.39, 0.29) is 5.78 Å². The van der Waals surface area contributed by atoms with E-state index in [0.717, 1.165) is 25.8 Å². The zero-order valence-electron chi connectivity index (χ0n) is 10.3. The van der Waals surface area contributed by atoms with E-state index in [4.69, 9.17) is 11.6 Å². The number of nitrogens with one attached hydrogen (secondary N) is 1. The van der Waals surface area contributed by atoms with Crippen molar-refractivity contribution >= 4 is 17.4 Å². The molecule has 17 heavy (non-hydrogen) atoms. The van der Waals surface area contributed by atoms with Crippen molar-refractivity contribution in [2.45, 2.75) is 45.2 Å². The number of rotatable bonds is 4. The fourth-order valence-corrected chi connectivity index (χ4v) is 2.74. The summed E-state index contributed by atoms with van der Waals surface area (Å²) in [5, 5.41) is 7.92. The minimum Gasteiger partial charge on any atom is -0.305 e. The van der Waals surface area contributed by atoms with Crippen molar-refractivity contribution < 1.29 is 4.79 Å². The predicted molar refractivity (Wildman–Crippen MR) is 67.5 cm³/mol. The highest BCUT2D eigenvalue weighted by Gasteiger charge is 2.41. The van der Waals surface area contributed by atoms with Gasteiger partial charge in [-0.05, 0) is 32.7 Å². The second-order valence-corrected chi connectivity index (χ2v) is 4.86. The number of carbonyl (C=O) groups is 1. The highest BCUT2D eigenvalue weighted by Crippen LogP contribution is 2.30. The maximum absolute atomic E-state index is 12.7. The van der Waals surface area contributed by atoms with Gasteiger partial charge in [0.15, 0.2) is 0 Å². The first kappa shape index (κ1) is 12.6. The van der Waals surface area contributed by atoms with E-state index in [1.54, 1.807) is 10.9 Å². The summed E-state index contributed by atoms with van der Waals surface area (Å²) in [5.41, 5.74) is 0.113. The largest absolute Gasteiger partial charge is 0.305 e. The number of nitrogens with zero attached hydrogens (tertiary/aromatic N) is 2. The van der Waals surface area contributed by atoms with Crippen molar-refractivity contribution in [1.82, 2.24) is 15.1 Å². The van der Waals surface area contributed by atoms with Crippen molar-refractivity contribution in [3.05, 3.63) is 16.9 Å². The molecule has 1 unspecified atom stereocenters. The zero-order valence-corrected chi connectivity index (χ0v) is 11.0. The summed E-state index contributed by atoms with van der Waals surface area (Å²) in [6, 6.07) is 0. The predicted octanol–water partition coefficient (Wildman–Crippen LogP) is 2.27. The van der Waals surface area contributed by atoms with Gasteiger partial charge < -0.3 is 5.32 Å². The van der Waals surface area contributed by atoms with Gasteiger partial charge in [-0.25, -0.2) is 0 Å². The molecule has 0 bridgehead atoms. The van der Waals surface area contributed by atoms with Gasteiger partial charge in [0.25, 0.3) is 0 Å². The van der Waals surface area contributed by atoms with Gasteiger partial charge in [-0.2, -0.15) is 5.10 Å². The number of aromatic nitrogens is 2. The summed E-state index contributed by atoms with van der Waals surface area (Å²) in [4.78, 5) is 12.7. The minimum atomic E-state index is -0.434. The van der Waals surface area contributed by atoms with Crippen molar-refractivity contribution in [3.8, 4) is 0 Å². The molecule has 1 saturated heterocycles. The third-order valence-electron chi connectivity index (χ3n) is 3.59. The van der Waals surface area contributed by atoms with Crippen molar-refractivity contribution in [3.63, 3.8) is 0 Å². The topological polar surface area (TPSA) is 46.9 Å². The summed E-state index contributed by atoms with van der Waals surface area (Å²) >= 11 is 6.08. The van der Waals surface area contributed by atoms with Crippen LogP contribution in [0.5, 0.6) is 0 Å². The zero-order chi connectivity index (χ0) is 12.5. The fourth-order valence-electron chi connectivity index (χ4n) is 2.52. The lowest BCUT2D eigenvalue weighted by Gasteiger charge is -2.26. The van der Waals surface area contributed by atoms with E-state index in [0.29, 0.717) is 17.3 Å². The van der Waals surface area contributed by atoms with Crippen LogP contribution in [0, 0.1) is 0 Å². The molecule has 1 aliphatic rings. The molecule has 5 heteroatoms. The van der Waals surface area contributed by atoms with Gasteiger partial charge in [0, 0.05) is 6.54 Å². The number of ketones is 1. The van der Waals surface area contributed by atoms with Crippen LogP contribution in [0.1, 0.15) is 43.6 Å². The first-order valence-corrected chi connectivity index (χ1v) is 6.53. The third-order valence-corrected chi connectivity index (χ3v) is 3.87. The van der Waals surface area contributed by atoms with E-state index in [1.165, 1.54) is 0 Å². The van der Waals surface area contributed by atoms with Crippen LogP contribution in [-0.2, 0) is 6.54 Å². The summed E-state index contributed by atoms with van der Waals surface area (Å²) in [6.07, 6.45) is 4.26. The molecule has 94 valence electrons. The summed E-state index contributed by atoms with van der Waals surface area (Å²) in [7, 11) is 0. The van der Waals surface area contributed by atoms with Crippen LogP contribution in [0.15, 0.2) is 6.20 Å². The molecule has 1 atom stereocenters. The molecule has 0 amide bonds. The molecule has 1 aromatic heterocycles. The molecule has 0 radical (unpaired) electrons. The second kappa shape index (κ2) is 4.78. The smallest absolute Gasteiger partial charge is 0.202 e. The Morgan fingerprint density at radius 3 is 2.94 bits per heavy atom. The number of hydrogen-bond donors (Lipinski definition) is 1. The molecule has 4 nitrogen and oxygen atoms in total. The molecule has 2 rings (SSSR count). The first-order chi connectivity index (χ1) is 8.14. The van der Waals surface area contributed by atoms with Crippen molar-refractivity contribution in [1.29, 1.82) is 0 Å². The van der Waals surface area contributed by atoms with E-state index in [2.05, 4.69) is 10.4 Å². The second-order valence-electron chi connectivity index (χ2n) is 4.45. The average molecular weight is 256 g/mol. The van der Waals surface area contributed by atoms with Gasteiger partial charge in [0.2, 0.25) is 5.78 Å². The SMILES string of the molecule is CCn1ncc(Cl)c1C(=O)C1(CC)CCCN1. The Labute approximate surface area is 106 Å². The number of hydrogen-bond acceptors (Lipinski definition) is 3. The molecular formula is C12H18ClN3O. The lowest BCUT2D eigenvalue weighted by atomic mass is 9.87. The van der Waals surface area contributed by atoms with E-state index in [1.807, 2.05) is 13.8 Å². The van der Waals surface area contributed by atoms with Gasteiger partial charge >= 0.3 is 0 Å². The number of halogens is 1. The van der Waals surface area contributed by atoms with Gasteiger partial charge in [-0.3, -0.25) is 9.48 Å². The highest BCUT2D eigenvalue weighted by molar-refractivity contribution is 6.34. The van der Waals surface area contributed by atoms with Gasteiger partial charge in [-0.1, -0.05) is 18.5 Å². The lowest BCUT2D eigenvalue weighted by Crippen LogP contribution is -2.47. The molecule has 2 heterocycles. The summed E-state index contributed by atoms with van der Waals surface area (Å²) in [6.45, 7) is 5.56. The minimum absolute atomic E-state index is 0.0850. The monoisotopic (exact) mass is 255 g/mol. The molecule has 1 aromatic rings. The van der Waals surface area contributed by atoms with Crippen molar-refractivity contribution in [2.75, 3.05) is 6.54 Å². The molecule has 1 aliphatic heterocycles.